The Morgan fingerprint density at radius 1 is 1.42 bits per heavy atom. The van der Waals surface area contributed by atoms with Gasteiger partial charge in [-0.3, -0.25) is 14.6 Å². The summed E-state index contributed by atoms with van der Waals surface area (Å²) in [5.74, 6) is -0.326. The van der Waals surface area contributed by atoms with E-state index in [1.165, 1.54) is 13.1 Å². The number of carbonyl (C=O) groups is 2. The molecule has 0 aromatic carbocycles. The number of carbonyl (C=O) groups excluding carboxylic acids is 2. The zero-order valence-electron chi connectivity index (χ0n) is 10.9. The van der Waals surface area contributed by atoms with E-state index in [4.69, 9.17) is 0 Å². The predicted octanol–water partition coefficient (Wildman–Crippen LogP) is 1.85. The molecule has 0 spiro atoms. The third kappa shape index (κ3) is 3.07. The second-order valence-electron chi connectivity index (χ2n) is 4.31. The SMILES string of the molecule is CC(=O)c1c[nH]c(C(=O)NCc2ncccc2C)c1. The van der Waals surface area contributed by atoms with Crippen LogP contribution in [0.1, 0.15) is 39.0 Å². The average Bonchev–Trinajstić information content (AvgIpc) is 2.87. The van der Waals surface area contributed by atoms with E-state index in [-0.39, 0.29) is 11.7 Å². The summed E-state index contributed by atoms with van der Waals surface area (Å²) in [6.07, 6.45) is 3.22. The van der Waals surface area contributed by atoms with Crippen LogP contribution in [0.2, 0.25) is 0 Å². The van der Waals surface area contributed by atoms with E-state index in [2.05, 4.69) is 15.3 Å². The summed E-state index contributed by atoms with van der Waals surface area (Å²) in [5, 5.41) is 2.76. The molecule has 0 fully saturated rings. The average molecular weight is 257 g/mol. The third-order valence-electron chi connectivity index (χ3n) is 2.87. The first-order valence-corrected chi connectivity index (χ1v) is 5.96. The van der Waals surface area contributed by atoms with Gasteiger partial charge in [-0.2, -0.15) is 0 Å². The van der Waals surface area contributed by atoms with Crippen LogP contribution in [0.25, 0.3) is 0 Å². The monoisotopic (exact) mass is 257 g/mol. The summed E-state index contributed by atoms with van der Waals surface area (Å²) in [5.41, 5.74) is 2.73. The lowest BCUT2D eigenvalue weighted by Crippen LogP contribution is -2.24. The molecule has 2 N–H and O–H groups in total. The molecule has 0 unspecified atom stereocenters. The molecule has 2 heterocycles. The third-order valence-corrected chi connectivity index (χ3v) is 2.87. The second kappa shape index (κ2) is 5.48. The maximum atomic E-state index is 11.9. The minimum Gasteiger partial charge on any atom is -0.356 e. The Hall–Kier alpha value is -2.43. The zero-order chi connectivity index (χ0) is 13.8. The largest absolute Gasteiger partial charge is 0.356 e. The second-order valence-corrected chi connectivity index (χ2v) is 4.31. The van der Waals surface area contributed by atoms with Crippen molar-refractivity contribution in [1.82, 2.24) is 15.3 Å². The molecular formula is C14H15N3O2. The van der Waals surface area contributed by atoms with Crippen LogP contribution >= 0.6 is 0 Å². The minimum absolute atomic E-state index is 0.0733. The number of aromatic amines is 1. The smallest absolute Gasteiger partial charge is 0.268 e. The Bertz CT molecular complexity index is 617. The van der Waals surface area contributed by atoms with Crippen molar-refractivity contribution in [3.05, 3.63) is 53.1 Å². The molecule has 5 heteroatoms. The van der Waals surface area contributed by atoms with E-state index < -0.39 is 0 Å². The van der Waals surface area contributed by atoms with E-state index >= 15 is 0 Å². The van der Waals surface area contributed by atoms with Crippen LogP contribution in [-0.2, 0) is 6.54 Å². The molecular weight excluding hydrogens is 242 g/mol. The number of nitrogens with zero attached hydrogens (tertiary/aromatic N) is 1. The summed E-state index contributed by atoms with van der Waals surface area (Å²) in [6.45, 7) is 3.76. The molecule has 0 saturated heterocycles. The van der Waals surface area contributed by atoms with Gasteiger partial charge in [-0.05, 0) is 31.5 Å². The van der Waals surface area contributed by atoms with Crippen molar-refractivity contribution in [2.45, 2.75) is 20.4 Å². The Labute approximate surface area is 111 Å². The van der Waals surface area contributed by atoms with Gasteiger partial charge < -0.3 is 10.3 Å². The Morgan fingerprint density at radius 3 is 2.84 bits per heavy atom. The molecule has 0 bridgehead atoms. The highest BCUT2D eigenvalue weighted by molar-refractivity contribution is 5.99. The van der Waals surface area contributed by atoms with Crippen molar-refractivity contribution < 1.29 is 9.59 Å². The molecule has 0 saturated carbocycles. The minimum atomic E-state index is -0.252. The number of pyridine rings is 1. The van der Waals surface area contributed by atoms with E-state index in [1.54, 1.807) is 12.3 Å². The number of Topliss-reactive ketones (excluding diaryl/α,β-unsaturated/α-hetero) is 1. The number of aryl methyl sites for hydroxylation is 1. The number of aromatic nitrogens is 2. The van der Waals surface area contributed by atoms with E-state index in [0.29, 0.717) is 17.8 Å². The van der Waals surface area contributed by atoms with E-state index in [9.17, 15) is 9.59 Å². The van der Waals surface area contributed by atoms with Gasteiger partial charge in [0.25, 0.3) is 5.91 Å². The Kier molecular flexibility index (Phi) is 3.75. The molecule has 98 valence electrons. The van der Waals surface area contributed by atoms with Crippen LogP contribution < -0.4 is 5.32 Å². The van der Waals surface area contributed by atoms with Gasteiger partial charge in [0, 0.05) is 18.0 Å². The lowest BCUT2D eigenvalue weighted by Gasteiger charge is -2.05. The molecule has 2 aromatic rings. The standard InChI is InChI=1S/C14H15N3O2/c1-9-4-3-5-15-13(9)8-17-14(19)12-6-11(7-16-12)10(2)18/h3-7,16H,8H2,1-2H3,(H,17,19). The fourth-order valence-electron chi connectivity index (χ4n) is 1.69. The molecule has 0 radical (unpaired) electrons. The van der Waals surface area contributed by atoms with Crippen LogP contribution in [0.4, 0.5) is 0 Å². The maximum absolute atomic E-state index is 11.9. The van der Waals surface area contributed by atoms with E-state index in [0.717, 1.165) is 11.3 Å². The van der Waals surface area contributed by atoms with Gasteiger partial charge in [-0.25, -0.2) is 0 Å². The summed E-state index contributed by atoms with van der Waals surface area (Å²) in [7, 11) is 0. The van der Waals surface area contributed by atoms with Crippen molar-refractivity contribution in [3.8, 4) is 0 Å². The quantitative estimate of drug-likeness (QED) is 0.821. The number of amides is 1. The fraction of sp³-hybridized carbons (Fsp3) is 0.214. The Balaban J connectivity index is 2.01. The van der Waals surface area contributed by atoms with Crippen LogP contribution in [0, 0.1) is 6.92 Å². The van der Waals surface area contributed by atoms with Gasteiger partial charge in [0.2, 0.25) is 0 Å². The highest BCUT2D eigenvalue weighted by Gasteiger charge is 2.10. The summed E-state index contributed by atoms with van der Waals surface area (Å²) in [6, 6.07) is 5.34. The number of nitrogens with one attached hydrogen (secondary N) is 2. The molecule has 19 heavy (non-hydrogen) atoms. The number of H-pyrrole nitrogens is 1. The molecule has 0 aliphatic heterocycles. The maximum Gasteiger partial charge on any atom is 0.268 e. The van der Waals surface area contributed by atoms with Crippen LogP contribution in [-0.4, -0.2) is 21.7 Å². The van der Waals surface area contributed by atoms with Crippen molar-refractivity contribution in [2.75, 3.05) is 0 Å². The van der Waals surface area contributed by atoms with Gasteiger partial charge >= 0.3 is 0 Å². The van der Waals surface area contributed by atoms with Crippen LogP contribution in [0.5, 0.6) is 0 Å². The number of hydrogen-bond donors (Lipinski definition) is 2. The molecule has 2 rings (SSSR count). The molecule has 1 amide bonds. The first-order valence-electron chi connectivity index (χ1n) is 5.96. The lowest BCUT2D eigenvalue weighted by molar-refractivity contribution is 0.0945. The van der Waals surface area contributed by atoms with Gasteiger partial charge in [0.1, 0.15) is 5.69 Å². The van der Waals surface area contributed by atoms with Crippen molar-refractivity contribution in [3.63, 3.8) is 0 Å². The normalized spacial score (nSPS) is 10.2. The predicted molar refractivity (Wildman–Crippen MR) is 70.9 cm³/mol. The lowest BCUT2D eigenvalue weighted by atomic mass is 10.2. The highest BCUT2D eigenvalue weighted by Crippen LogP contribution is 2.06. The van der Waals surface area contributed by atoms with E-state index in [1.807, 2.05) is 19.1 Å². The van der Waals surface area contributed by atoms with Gasteiger partial charge in [0.05, 0.1) is 12.2 Å². The topological polar surface area (TPSA) is 74.8 Å². The van der Waals surface area contributed by atoms with Crippen molar-refractivity contribution in [2.24, 2.45) is 0 Å². The molecule has 5 nitrogen and oxygen atoms in total. The van der Waals surface area contributed by atoms with Crippen molar-refractivity contribution in [1.29, 1.82) is 0 Å². The van der Waals surface area contributed by atoms with Crippen LogP contribution in [0.3, 0.4) is 0 Å². The first kappa shape index (κ1) is 13.0. The fourth-order valence-corrected chi connectivity index (χ4v) is 1.69. The number of rotatable bonds is 4. The zero-order valence-corrected chi connectivity index (χ0v) is 10.9. The van der Waals surface area contributed by atoms with Crippen LogP contribution in [0.15, 0.2) is 30.6 Å². The molecule has 0 atom stereocenters. The highest BCUT2D eigenvalue weighted by atomic mass is 16.2. The van der Waals surface area contributed by atoms with Crippen molar-refractivity contribution >= 4 is 11.7 Å². The van der Waals surface area contributed by atoms with Gasteiger partial charge in [-0.15, -0.1) is 0 Å². The first-order chi connectivity index (χ1) is 9.08. The summed E-state index contributed by atoms with van der Waals surface area (Å²) >= 11 is 0. The van der Waals surface area contributed by atoms with Gasteiger partial charge in [-0.1, -0.05) is 6.07 Å². The Morgan fingerprint density at radius 2 is 2.21 bits per heavy atom. The number of ketones is 1. The molecule has 0 aliphatic carbocycles. The summed E-state index contributed by atoms with van der Waals surface area (Å²) in [4.78, 5) is 30.0. The van der Waals surface area contributed by atoms with Gasteiger partial charge in [0.15, 0.2) is 5.78 Å². The molecule has 0 aliphatic rings. The molecule has 2 aromatic heterocycles. The number of hydrogen-bond acceptors (Lipinski definition) is 3. The summed E-state index contributed by atoms with van der Waals surface area (Å²) < 4.78 is 0.